The average Bonchev–Trinajstić information content (AvgIpc) is 3.27. The highest BCUT2D eigenvalue weighted by Gasteiger charge is 2.23. The smallest absolute Gasteiger partial charge is 0.237 e. The van der Waals surface area contributed by atoms with Crippen LogP contribution in [0.2, 0.25) is 5.02 Å². The quantitative estimate of drug-likeness (QED) is 0.233. The molecule has 0 aliphatic rings. The number of benzene rings is 3. The van der Waals surface area contributed by atoms with Crippen molar-refractivity contribution >= 4 is 46.7 Å². The van der Waals surface area contributed by atoms with Crippen molar-refractivity contribution in [3.8, 4) is 5.69 Å². The minimum atomic E-state index is -0.334. The number of nitrogens with one attached hydrogen (secondary N) is 1. The second-order valence-electron chi connectivity index (χ2n) is 8.14. The average molecular weight is 523 g/mol. The van der Waals surface area contributed by atoms with E-state index in [1.807, 2.05) is 60.9 Å². The zero-order chi connectivity index (χ0) is 24.8. The zero-order valence-electron chi connectivity index (χ0n) is 19.9. The first kappa shape index (κ1) is 25.4. The van der Waals surface area contributed by atoms with Crippen LogP contribution in [0.4, 0.5) is 5.69 Å². The van der Waals surface area contributed by atoms with Crippen LogP contribution in [0, 0.1) is 13.8 Å². The van der Waals surface area contributed by atoms with Gasteiger partial charge in [-0.2, -0.15) is 0 Å². The van der Waals surface area contributed by atoms with Gasteiger partial charge in [-0.05, 0) is 62.2 Å². The second kappa shape index (κ2) is 11.8. The lowest BCUT2D eigenvalue weighted by atomic mass is 10.2. The van der Waals surface area contributed by atoms with Gasteiger partial charge in [0.1, 0.15) is 5.82 Å². The highest BCUT2D eigenvalue weighted by molar-refractivity contribution is 8.00. The Morgan fingerprint density at radius 3 is 2.46 bits per heavy atom. The number of hydrogen-bond acceptors (Lipinski definition) is 5. The van der Waals surface area contributed by atoms with Crippen LogP contribution in [0.5, 0.6) is 0 Å². The third kappa shape index (κ3) is 6.48. The van der Waals surface area contributed by atoms with Crippen LogP contribution in [-0.4, -0.2) is 25.9 Å². The zero-order valence-corrected chi connectivity index (χ0v) is 22.3. The molecule has 0 radical (unpaired) electrons. The molecule has 180 valence electrons. The van der Waals surface area contributed by atoms with Gasteiger partial charge in [0.05, 0.1) is 11.0 Å². The molecular formula is C27H27ClN4OS2. The molecule has 0 saturated carbocycles. The Bertz CT molecular complexity index is 1290. The van der Waals surface area contributed by atoms with Crippen molar-refractivity contribution in [2.45, 2.75) is 48.2 Å². The lowest BCUT2D eigenvalue weighted by Crippen LogP contribution is -2.25. The van der Waals surface area contributed by atoms with Gasteiger partial charge in [0.25, 0.3) is 0 Å². The molecule has 1 N–H and O–H groups in total. The summed E-state index contributed by atoms with van der Waals surface area (Å²) in [5.74, 6) is 1.41. The van der Waals surface area contributed by atoms with Crippen molar-refractivity contribution in [3.63, 3.8) is 0 Å². The van der Waals surface area contributed by atoms with Gasteiger partial charge in [-0.1, -0.05) is 72.2 Å². The number of para-hydroxylation sites is 1. The van der Waals surface area contributed by atoms with Gasteiger partial charge in [0, 0.05) is 21.3 Å². The summed E-state index contributed by atoms with van der Waals surface area (Å²) in [6.07, 6.45) is 0.644. The van der Waals surface area contributed by atoms with E-state index in [1.165, 1.54) is 22.2 Å². The van der Waals surface area contributed by atoms with Crippen molar-refractivity contribution in [1.29, 1.82) is 0 Å². The molecule has 5 nitrogen and oxygen atoms in total. The third-order valence-corrected chi connectivity index (χ3v) is 8.18. The molecule has 1 aromatic heterocycles. The monoisotopic (exact) mass is 522 g/mol. The summed E-state index contributed by atoms with van der Waals surface area (Å²) in [5.41, 5.74) is 3.86. The van der Waals surface area contributed by atoms with Crippen LogP contribution < -0.4 is 5.32 Å². The summed E-state index contributed by atoms with van der Waals surface area (Å²) in [6.45, 7) is 6.01. The molecule has 4 rings (SSSR count). The summed E-state index contributed by atoms with van der Waals surface area (Å²) < 4.78 is 2.05. The molecule has 1 amide bonds. The number of aromatic nitrogens is 3. The molecule has 0 bridgehead atoms. The van der Waals surface area contributed by atoms with Crippen LogP contribution in [0.15, 0.2) is 82.8 Å². The first-order valence-electron chi connectivity index (χ1n) is 11.4. The van der Waals surface area contributed by atoms with Crippen LogP contribution in [0.3, 0.4) is 0 Å². The Morgan fingerprint density at radius 2 is 1.77 bits per heavy atom. The minimum Gasteiger partial charge on any atom is -0.325 e. The summed E-state index contributed by atoms with van der Waals surface area (Å²) in [7, 11) is 0. The maximum absolute atomic E-state index is 13.1. The summed E-state index contributed by atoms with van der Waals surface area (Å²) in [6, 6.07) is 24.0. The predicted molar refractivity (Wildman–Crippen MR) is 147 cm³/mol. The van der Waals surface area contributed by atoms with Gasteiger partial charge < -0.3 is 5.32 Å². The number of nitrogens with zero attached hydrogens (tertiary/aromatic N) is 3. The Labute approximate surface area is 219 Å². The van der Waals surface area contributed by atoms with E-state index in [9.17, 15) is 4.79 Å². The first-order valence-corrected chi connectivity index (χ1v) is 13.6. The fourth-order valence-electron chi connectivity index (χ4n) is 3.43. The van der Waals surface area contributed by atoms with Crippen LogP contribution in [-0.2, 0) is 10.5 Å². The highest BCUT2D eigenvalue weighted by atomic mass is 35.5. The number of carbonyl (C=O) groups is 1. The Hall–Kier alpha value is -2.74. The fourth-order valence-corrected chi connectivity index (χ4v) is 5.41. The van der Waals surface area contributed by atoms with Crippen LogP contribution in [0.25, 0.3) is 5.69 Å². The maximum atomic E-state index is 13.1. The molecule has 8 heteroatoms. The summed E-state index contributed by atoms with van der Waals surface area (Å²) >= 11 is 9.37. The number of halogens is 1. The van der Waals surface area contributed by atoms with Gasteiger partial charge in [0.15, 0.2) is 5.16 Å². The minimum absolute atomic E-state index is 0.0874. The molecule has 1 atom stereocenters. The number of aryl methyl sites for hydroxylation is 2. The Balaban J connectivity index is 1.56. The van der Waals surface area contributed by atoms with Gasteiger partial charge in [-0.3, -0.25) is 9.36 Å². The molecule has 0 aliphatic carbocycles. The van der Waals surface area contributed by atoms with E-state index in [4.69, 9.17) is 11.6 Å². The lowest BCUT2D eigenvalue weighted by Gasteiger charge is -2.16. The lowest BCUT2D eigenvalue weighted by molar-refractivity contribution is -0.115. The van der Waals surface area contributed by atoms with Crippen molar-refractivity contribution in [1.82, 2.24) is 14.8 Å². The molecule has 1 heterocycles. The van der Waals surface area contributed by atoms with Crippen molar-refractivity contribution in [3.05, 3.63) is 94.8 Å². The topological polar surface area (TPSA) is 59.8 Å². The maximum Gasteiger partial charge on any atom is 0.237 e. The Kier molecular flexibility index (Phi) is 8.55. The van der Waals surface area contributed by atoms with Crippen molar-refractivity contribution in [2.24, 2.45) is 0 Å². The van der Waals surface area contributed by atoms with Crippen molar-refractivity contribution in [2.75, 3.05) is 5.32 Å². The molecule has 0 saturated heterocycles. The van der Waals surface area contributed by atoms with Gasteiger partial charge >= 0.3 is 0 Å². The van der Waals surface area contributed by atoms with E-state index in [1.54, 1.807) is 17.8 Å². The molecule has 1 unspecified atom stereocenters. The van der Waals surface area contributed by atoms with Gasteiger partial charge in [-0.15, -0.1) is 22.0 Å². The standard InChI is InChI=1S/C27H27ClN4OS2/c1-4-24(26(33)29-20-13-12-19(3)23(28)16-20)35-27-31-30-25(32(27)21-8-6-5-7-9-21)17-34-22-14-10-18(2)11-15-22/h5-16,24H,4,17H2,1-3H3,(H,29,33). The van der Waals surface area contributed by atoms with E-state index in [2.05, 4.69) is 46.7 Å². The fraction of sp³-hybridized carbons (Fsp3) is 0.222. The Morgan fingerprint density at radius 1 is 1.03 bits per heavy atom. The highest BCUT2D eigenvalue weighted by Crippen LogP contribution is 2.31. The largest absolute Gasteiger partial charge is 0.325 e. The number of amides is 1. The van der Waals surface area contributed by atoms with E-state index in [0.717, 1.165) is 17.1 Å². The number of anilines is 1. The number of rotatable bonds is 9. The SMILES string of the molecule is CCC(Sc1nnc(CSc2ccc(C)cc2)n1-c1ccccc1)C(=O)Nc1ccc(C)c(Cl)c1. The van der Waals surface area contributed by atoms with E-state index in [0.29, 0.717) is 28.0 Å². The molecule has 3 aromatic carbocycles. The summed E-state index contributed by atoms with van der Waals surface area (Å²) in [5, 5.41) is 13.0. The normalized spacial score (nSPS) is 11.9. The molecule has 0 fully saturated rings. The van der Waals surface area contributed by atoms with Crippen molar-refractivity contribution < 1.29 is 4.79 Å². The number of hydrogen-bond donors (Lipinski definition) is 1. The number of thioether (sulfide) groups is 2. The van der Waals surface area contributed by atoms with E-state index < -0.39 is 0 Å². The molecule has 0 aliphatic heterocycles. The molecular weight excluding hydrogens is 496 g/mol. The third-order valence-electron chi connectivity index (χ3n) is 5.45. The van der Waals surface area contributed by atoms with Gasteiger partial charge in [0.2, 0.25) is 5.91 Å². The van der Waals surface area contributed by atoms with E-state index in [-0.39, 0.29) is 11.2 Å². The number of carbonyl (C=O) groups excluding carboxylic acids is 1. The second-order valence-corrected chi connectivity index (χ2v) is 10.8. The first-order chi connectivity index (χ1) is 16.9. The molecule has 35 heavy (non-hydrogen) atoms. The summed E-state index contributed by atoms with van der Waals surface area (Å²) in [4.78, 5) is 14.3. The van der Waals surface area contributed by atoms with Gasteiger partial charge in [-0.25, -0.2) is 0 Å². The van der Waals surface area contributed by atoms with Crippen LogP contribution >= 0.6 is 35.1 Å². The van der Waals surface area contributed by atoms with E-state index >= 15 is 0 Å². The van der Waals surface area contributed by atoms with Crippen LogP contribution in [0.1, 0.15) is 30.3 Å². The predicted octanol–water partition coefficient (Wildman–Crippen LogP) is 7.34. The molecule has 0 spiro atoms. The molecule has 4 aromatic rings.